The zero-order valence-corrected chi connectivity index (χ0v) is 10.4. The average Bonchev–Trinajstić information content (AvgIpc) is 3.00. The van der Waals surface area contributed by atoms with Crippen LogP contribution in [0.1, 0.15) is 33.1 Å². The Morgan fingerprint density at radius 3 is 2.47 bits per heavy atom. The first-order chi connectivity index (χ1) is 7.86. The standard InChI is InChI=1S/C13H19NO3/c1-4-7-14(9-10-5-6-10)11(15)8-13(2,3)12(16)17/h1,10H,5-9H2,2-3H3,(H,16,17). The summed E-state index contributed by atoms with van der Waals surface area (Å²) in [5.74, 6) is 1.89. The molecule has 1 N–H and O–H groups in total. The molecule has 1 saturated carbocycles. The molecular weight excluding hydrogens is 218 g/mol. The van der Waals surface area contributed by atoms with Gasteiger partial charge in [0.2, 0.25) is 5.91 Å². The van der Waals surface area contributed by atoms with E-state index in [1.54, 1.807) is 18.7 Å². The highest BCUT2D eigenvalue weighted by atomic mass is 16.4. The average molecular weight is 237 g/mol. The Morgan fingerprint density at radius 1 is 1.47 bits per heavy atom. The van der Waals surface area contributed by atoms with Gasteiger partial charge in [0.05, 0.1) is 12.0 Å². The second-order valence-corrected chi connectivity index (χ2v) is 5.29. The SMILES string of the molecule is C#CCN(CC1CC1)C(=O)CC(C)(C)C(=O)O. The van der Waals surface area contributed by atoms with Gasteiger partial charge in [-0.25, -0.2) is 0 Å². The molecule has 4 nitrogen and oxygen atoms in total. The van der Waals surface area contributed by atoms with Crippen molar-refractivity contribution in [2.45, 2.75) is 33.1 Å². The van der Waals surface area contributed by atoms with Gasteiger partial charge in [0.1, 0.15) is 0 Å². The van der Waals surface area contributed by atoms with Crippen molar-refractivity contribution < 1.29 is 14.7 Å². The summed E-state index contributed by atoms with van der Waals surface area (Å²) in [7, 11) is 0. The predicted molar refractivity (Wildman–Crippen MR) is 64.2 cm³/mol. The number of hydrogen-bond acceptors (Lipinski definition) is 2. The molecule has 0 heterocycles. The van der Waals surface area contributed by atoms with Crippen LogP contribution in [0.5, 0.6) is 0 Å². The number of rotatable bonds is 6. The van der Waals surface area contributed by atoms with Gasteiger partial charge >= 0.3 is 5.97 Å². The van der Waals surface area contributed by atoms with Crippen molar-refractivity contribution >= 4 is 11.9 Å². The van der Waals surface area contributed by atoms with Gasteiger partial charge in [-0.15, -0.1) is 6.42 Å². The Labute approximate surface area is 102 Å². The van der Waals surface area contributed by atoms with E-state index < -0.39 is 11.4 Å². The van der Waals surface area contributed by atoms with Crippen molar-refractivity contribution in [3.05, 3.63) is 0 Å². The topological polar surface area (TPSA) is 57.6 Å². The molecule has 0 atom stereocenters. The lowest BCUT2D eigenvalue weighted by atomic mass is 9.89. The number of nitrogens with zero attached hydrogens (tertiary/aromatic N) is 1. The highest BCUT2D eigenvalue weighted by molar-refractivity contribution is 5.84. The number of aliphatic carboxylic acids is 1. The van der Waals surface area contributed by atoms with Gasteiger partial charge in [-0.05, 0) is 32.6 Å². The lowest BCUT2D eigenvalue weighted by Gasteiger charge is -2.25. The molecule has 0 radical (unpaired) electrons. The van der Waals surface area contributed by atoms with Crippen molar-refractivity contribution in [2.75, 3.05) is 13.1 Å². The molecule has 0 bridgehead atoms. The van der Waals surface area contributed by atoms with Gasteiger partial charge in [-0.3, -0.25) is 9.59 Å². The molecule has 0 aromatic carbocycles. The van der Waals surface area contributed by atoms with E-state index in [1.165, 1.54) is 0 Å². The minimum Gasteiger partial charge on any atom is -0.481 e. The van der Waals surface area contributed by atoms with Crippen LogP contribution in [0.3, 0.4) is 0 Å². The zero-order chi connectivity index (χ0) is 13.1. The van der Waals surface area contributed by atoms with Crippen LogP contribution in [0, 0.1) is 23.7 Å². The molecule has 0 unspecified atom stereocenters. The minimum atomic E-state index is -1.03. The Kier molecular flexibility index (Phi) is 4.17. The van der Waals surface area contributed by atoms with Crippen LogP contribution in [0.4, 0.5) is 0 Å². The third kappa shape index (κ3) is 4.10. The van der Waals surface area contributed by atoms with E-state index >= 15 is 0 Å². The zero-order valence-electron chi connectivity index (χ0n) is 10.4. The molecule has 17 heavy (non-hydrogen) atoms. The van der Waals surface area contributed by atoms with Gasteiger partial charge in [-0.2, -0.15) is 0 Å². The summed E-state index contributed by atoms with van der Waals surface area (Å²) in [6.45, 7) is 4.04. The molecule has 0 saturated heterocycles. The van der Waals surface area contributed by atoms with Crippen LogP contribution in [0.15, 0.2) is 0 Å². The molecule has 1 fully saturated rings. The number of carboxylic acids is 1. The van der Waals surface area contributed by atoms with Crippen molar-refractivity contribution in [1.82, 2.24) is 4.90 Å². The molecule has 0 aromatic rings. The first-order valence-corrected chi connectivity index (χ1v) is 5.81. The Balaban J connectivity index is 2.58. The maximum absolute atomic E-state index is 12.0. The molecule has 0 spiro atoms. The lowest BCUT2D eigenvalue weighted by molar-refractivity contribution is -0.151. The van der Waals surface area contributed by atoms with E-state index in [4.69, 9.17) is 11.5 Å². The number of terminal acetylenes is 1. The first-order valence-electron chi connectivity index (χ1n) is 5.81. The fraction of sp³-hybridized carbons (Fsp3) is 0.692. The molecule has 0 aliphatic heterocycles. The van der Waals surface area contributed by atoms with Crippen LogP contribution >= 0.6 is 0 Å². The number of hydrogen-bond donors (Lipinski definition) is 1. The van der Waals surface area contributed by atoms with Crippen LogP contribution in [0.25, 0.3) is 0 Å². The lowest BCUT2D eigenvalue weighted by Crippen LogP contribution is -2.38. The van der Waals surface area contributed by atoms with Crippen LogP contribution in [-0.4, -0.2) is 35.0 Å². The molecular formula is C13H19NO3. The molecule has 94 valence electrons. The maximum Gasteiger partial charge on any atom is 0.309 e. The Hall–Kier alpha value is -1.50. The van der Waals surface area contributed by atoms with Crippen LogP contribution in [-0.2, 0) is 9.59 Å². The Morgan fingerprint density at radius 2 is 2.06 bits per heavy atom. The van der Waals surface area contributed by atoms with Gasteiger partial charge in [0.15, 0.2) is 0 Å². The summed E-state index contributed by atoms with van der Waals surface area (Å²) in [6.07, 6.45) is 7.49. The van der Waals surface area contributed by atoms with E-state index in [0.29, 0.717) is 12.5 Å². The van der Waals surface area contributed by atoms with Gasteiger partial charge in [0, 0.05) is 13.0 Å². The fourth-order valence-corrected chi connectivity index (χ4v) is 1.54. The summed E-state index contributed by atoms with van der Waals surface area (Å²) in [5.41, 5.74) is -1.03. The molecule has 0 aromatic heterocycles. The number of carbonyl (C=O) groups excluding carboxylic acids is 1. The van der Waals surface area contributed by atoms with E-state index in [9.17, 15) is 9.59 Å². The monoisotopic (exact) mass is 237 g/mol. The third-order valence-electron chi connectivity index (χ3n) is 2.98. The van der Waals surface area contributed by atoms with Gasteiger partial charge in [-0.1, -0.05) is 5.92 Å². The Bertz CT molecular complexity index is 350. The van der Waals surface area contributed by atoms with Crippen molar-refractivity contribution in [2.24, 2.45) is 11.3 Å². The predicted octanol–water partition coefficient (Wildman–Crippen LogP) is 1.36. The fourth-order valence-electron chi connectivity index (χ4n) is 1.54. The summed E-state index contributed by atoms with van der Waals surface area (Å²) in [6, 6.07) is 0. The maximum atomic E-state index is 12.0. The molecule has 1 amide bonds. The van der Waals surface area contributed by atoms with Gasteiger partial charge < -0.3 is 10.0 Å². The van der Waals surface area contributed by atoms with Gasteiger partial charge in [0.25, 0.3) is 0 Å². The molecule has 1 aliphatic carbocycles. The van der Waals surface area contributed by atoms with Crippen LogP contribution in [0.2, 0.25) is 0 Å². The summed E-state index contributed by atoms with van der Waals surface area (Å²) in [4.78, 5) is 24.5. The quantitative estimate of drug-likeness (QED) is 0.710. The molecule has 4 heteroatoms. The smallest absolute Gasteiger partial charge is 0.309 e. The highest BCUT2D eigenvalue weighted by Gasteiger charge is 2.33. The highest BCUT2D eigenvalue weighted by Crippen LogP contribution is 2.30. The van der Waals surface area contributed by atoms with Crippen LogP contribution < -0.4 is 0 Å². The van der Waals surface area contributed by atoms with E-state index in [0.717, 1.165) is 12.8 Å². The van der Waals surface area contributed by atoms with Crippen molar-refractivity contribution in [3.63, 3.8) is 0 Å². The number of carbonyl (C=O) groups is 2. The number of amides is 1. The normalized spacial score (nSPS) is 15.1. The largest absolute Gasteiger partial charge is 0.481 e. The third-order valence-corrected chi connectivity index (χ3v) is 2.98. The van der Waals surface area contributed by atoms with Crippen molar-refractivity contribution in [3.8, 4) is 12.3 Å². The second kappa shape index (κ2) is 5.22. The molecule has 1 rings (SSSR count). The summed E-state index contributed by atoms with van der Waals surface area (Å²) >= 11 is 0. The minimum absolute atomic E-state index is 0.00324. The number of carboxylic acid groups (broad SMARTS) is 1. The summed E-state index contributed by atoms with van der Waals surface area (Å²) in [5, 5.41) is 8.98. The first kappa shape index (κ1) is 13.6. The van der Waals surface area contributed by atoms with E-state index in [-0.39, 0.29) is 18.9 Å². The molecule has 1 aliphatic rings. The summed E-state index contributed by atoms with van der Waals surface area (Å²) < 4.78 is 0. The second-order valence-electron chi connectivity index (χ2n) is 5.29. The van der Waals surface area contributed by atoms with E-state index in [2.05, 4.69) is 5.92 Å². The van der Waals surface area contributed by atoms with E-state index in [1.807, 2.05) is 0 Å². The van der Waals surface area contributed by atoms with Crippen molar-refractivity contribution in [1.29, 1.82) is 0 Å².